The Balaban J connectivity index is 1.51. The van der Waals surface area contributed by atoms with E-state index in [2.05, 4.69) is 11.1 Å². The number of aromatic nitrogens is 1. The second-order valence-electron chi connectivity index (χ2n) is 7.27. The average molecular weight is 448 g/mol. The Bertz CT molecular complexity index is 983. The van der Waals surface area contributed by atoms with Gasteiger partial charge in [0.05, 0.1) is 18.7 Å². The number of nitriles is 1. The zero-order chi connectivity index (χ0) is 23.1. The van der Waals surface area contributed by atoms with Gasteiger partial charge in [0.2, 0.25) is 5.91 Å². The molecule has 0 unspecified atom stereocenters. The molecular weight excluding hydrogens is 425 g/mol. The van der Waals surface area contributed by atoms with Gasteiger partial charge in [-0.1, -0.05) is 6.07 Å². The SMILES string of the molecule is COc1cc(CCC(=O)N2CCN(c3cc(C#N)ccn3)CC2)ccc1OCC(F)(F)F. The number of aryl methyl sites for hydroxylation is 1. The predicted molar refractivity (Wildman–Crippen MR) is 111 cm³/mol. The molecule has 1 aliphatic rings. The average Bonchev–Trinajstić information content (AvgIpc) is 2.81. The third kappa shape index (κ3) is 6.26. The van der Waals surface area contributed by atoms with Gasteiger partial charge in [-0.15, -0.1) is 0 Å². The highest BCUT2D eigenvalue weighted by atomic mass is 19.4. The van der Waals surface area contributed by atoms with Crippen molar-refractivity contribution in [2.24, 2.45) is 0 Å². The van der Waals surface area contributed by atoms with Gasteiger partial charge in [0.25, 0.3) is 0 Å². The standard InChI is InChI=1S/C22H23F3N4O3/c1-31-19-12-16(2-4-18(19)32-15-22(23,24)25)3-5-21(30)29-10-8-28(9-11-29)20-13-17(14-26)6-7-27-20/h2,4,6-7,12-13H,3,5,8-11,15H2,1H3. The Hall–Kier alpha value is -3.48. The van der Waals surface area contributed by atoms with Gasteiger partial charge >= 0.3 is 6.18 Å². The number of carbonyl (C=O) groups is 1. The topological polar surface area (TPSA) is 78.7 Å². The molecule has 1 aromatic carbocycles. The van der Waals surface area contributed by atoms with Crippen LogP contribution in [-0.4, -0.2) is 61.9 Å². The molecule has 0 radical (unpaired) electrons. The van der Waals surface area contributed by atoms with E-state index in [0.717, 1.165) is 11.4 Å². The van der Waals surface area contributed by atoms with Crippen molar-refractivity contribution in [2.75, 3.05) is 44.8 Å². The van der Waals surface area contributed by atoms with Crippen LogP contribution in [0.5, 0.6) is 11.5 Å². The quantitative estimate of drug-likeness (QED) is 0.648. The lowest BCUT2D eigenvalue weighted by Gasteiger charge is -2.35. The first-order chi connectivity index (χ1) is 15.3. The van der Waals surface area contributed by atoms with Crippen molar-refractivity contribution in [1.29, 1.82) is 5.26 Å². The van der Waals surface area contributed by atoms with E-state index in [4.69, 9.17) is 14.7 Å². The Morgan fingerprint density at radius 1 is 1.16 bits per heavy atom. The van der Waals surface area contributed by atoms with E-state index in [1.54, 1.807) is 35.4 Å². The van der Waals surface area contributed by atoms with Crippen molar-refractivity contribution in [3.63, 3.8) is 0 Å². The molecule has 1 fully saturated rings. The summed E-state index contributed by atoms with van der Waals surface area (Å²) in [6.45, 7) is 0.929. The number of piperazine rings is 1. The number of halogens is 3. The number of rotatable bonds is 7. The summed E-state index contributed by atoms with van der Waals surface area (Å²) in [6.07, 6.45) is -2.14. The van der Waals surface area contributed by atoms with Crippen molar-refractivity contribution >= 4 is 11.7 Å². The number of alkyl halides is 3. The molecule has 0 bridgehead atoms. The Kier molecular flexibility index (Phi) is 7.41. The summed E-state index contributed by atoms with van der Waals surface area (Å²) >= 11 is 0. The van der Waals surface area contributed by atoms with Crippen molar-refractivity contribution in [3.05, 3.63) is 47.7 Å². The molecular formula is C22H23F3N4O3. The van der Waals surface area contributed by atoms with Crippen LogP contribution in [-0.2, 0) is 11.2 Å². The van der Waals surface area contributed by atoms with Gasteiger partial charge in [-0.2, -0.15) is 18.4 Å². The minimum atomic E-state index is -4.44. The molecule has 170 valence electrons. The maximum Gasteiger partial charge on any atom is 0.422 e. The maximum atomic E-state index is 12.6. The van der Waals surface area contributed by atoms with Crippen LogP contribution in [0.2, 0.25) is 0 Å². The monoisotopic (exact) mass is 448 g/mol. The van der Waals surface area contributed by atoms with E-state index in [9.17, 15) is 18.0 Å². The van der Waals surface area contributed by atoms with Crippen LogP contribution in [0.1, 0.15) is 17.5 Å². The van der Waals surface area contributed by atoms with Gasteiger partial charge in [-0.05, 0) is 36.2 Å². The summed E-state index contributed by atoms with van der Waals surface area (Å²) in [4.78, 5) is 20.7. The lowest BCUT2D eigenvalue weighted by atomic mass is 10.1. The number of hydrogen-bond donors (Lipinski definition) is 0. The molecule has 0 N–H and O–H groups in total. The largest absolute Gasteiger partial charge is 0.493 e. The molecule has 2 heterocycles. The first-order valence-electron chi connectivity index (χ1n) is 10.0. The molecule has 1 aromatic heterocycles. The number of pyridine rings is 1. The normalized spacial score (nSPS) is 14.1. The van der Waals surface area contributed by atoms with Gasteiger partial charge in [0.15, 0.2) is 18.1 Å². The van der Waals surface area contributed by atoms with Crippen molar-refractivity contribution in [1.82, 2.24) is 9.88 Å². The van der Waals surface area contributed by atoms with E-state index in [0.29, 0.717) is 38.2 Å². The lowest BCUT2D eigenvalue weighted by molar-refractivity contribution is -0.153. The molecule has 1 aliphatic heterocycles. The number of amides is 1. The number of hydrogen-bond acceptors (Lipinski definition) is 6. The molecule has 3 rings (SSSR count). The van der Waals surface area contributed by atoms with Crippen LogP contribution in [0.25, 0.3) is 0 Å². The maximum absolute atomic E-state index is 12.6. The molecule has 2 aromatic rings. The minimum Gasteiger partial charge on any atom is -0.493 e. The fourth-order valence-corrected chi connectivity index (χ4v) is 3.40. The van der Waals surface area contributed by atoms with Gasteiger partial charge < -0.3 is 19.3 Å². The molecule has 0 aliphatic carbocycles. The van der Waals surface area contributed by atoms with Crippen molar-refractivity contribution in [3.8, 4) is 17.6 Å². The number of benzene rings is 1. The van der Waals surface area contributed by atoms with E-state index in [1.807, 2.05) is 4.90 Å². The third-order valence-electron chi connectivity index (χ3n) is 5.08. The third-order valence-corrected chi connectivity index (χ3v) is 5.08. The molecule has 10 heteroatoms. The van der Waals surface area contributed by atoms with Gasteiger partial charge in [-0.3, -0.25) is 4.79 Å². The first-order valence-corrected chi connectivity index (χ1v) is 10.0. The number of carbonyl (C=O) groups excluding carboxylic acids is 1. The predicted octanol–water partition coefficient (Wildman–Crippen LogP) is 3.18. The zero-order valence-corrected chi connectivity index (χ0v) is 17.6. The summed E-state index contributed by atoms with van der Waals surface area (Å²) in [7, 11) is 1.35. The highest BCUT2D eigenvalue weighted by Crippen LogP contribution is 2.30. The molecule has 0 spiro atoms. The fraction of sp³-hybridized carbons (Fsp3) is 0.409. The smallest absolute Gasteiger partial charge is 0.422 e. The number of anilines is 1. The first kappa shape index (κ1) is 23.2. The summed E-state index contributed by atoms with van der Waals surface area (Å²) in [5.74, 6) is 0.917. The van der Waals surface area contributed by atoms with E-state index >= 15 is 0 Å². The Morgan fingerprint density at radius 2 is 1.91 bits per heavy atom. The zero-order valence-electron chi connectivity index (χ0n) is 17.6. The summed E-state index contributed by atoms with van der Waals surface area (Å²) < 4.78 is 47.0. The van der Waals surface area contributed by atoms with Gasteiger partial charge in [0.1, 0.15) is 5.82 Å². The number of ether oxygens (including phenoxy) is 2. The lowest BCUT2D eigenvalue weighted by Crippen LogP contribution is -2.49. The molecule has 1 saturated heterocycles. The minimum absolute atomic E-state index is 0.000232. The van der Waals surface area contributed by atoms with Crippen LogP contribution in [0.3, 0.4) is 0 Å². The number of nitrogens with zero attached hydrogens (tertiary/aromatic N) is 4. The second-order valence-corrected chi connectivity index (χ2v) is 7.27. The second kappa shape index (κ2) is 10.2. The van der Waals surface area contributed by atoms with Crippen LogP contribution >= 0.6 is 0 Å². The van der Waals surface area contributed by atoms with Crippen molar-refractivity contribution < 1.29 is 27.4 Å². The van der Waals surface area contributed by atoms with Crippen LogP contribution in [0.15, 0.2) is 36.5 Å². The highest BCUT2D eigenvalue weighted by Gasteiger charge is 2.29. The molecule has 1 amide bonds. The van der Waals surface area contributed by atoms with Gasteiger partial charge in [0, 0.05) is 38.8 Å². The molecule has 0 saturated carbocycles. The van der Waals surface area contributed by atoms with Crippen molar-refractivity contribution in [2.45, 2.75) is 19.0 Å². The number of methoxy groups -OCH3 is 1. The van der Waals surface area contributed by atoms with Gasteiger partial charge in [-0.25, -0.2) is 4.98 Å². The summed E-state index contributed by atoms with van der Waals surface area (Å²) in [6, 6.07) is 10.1. The molecule has 0 atom stereocenters. The highest BCUT2D eigenvalue weighted by molar-refractivity contribution is 5.76. The Morgan fingerprint density at radius 3 is 2.56 bits per heavy atom. The molecule has 7 nitrogen and oxygen atoms in total. The van der Waals surface area contributed by atoms with E-state index < -0.39 is 12.8 Å². The van der Waals surface area contributed by atoms with Crippen LogP contribution in [0, 0.1) is 11.3 Å². The van der Waals surface area contributed by atoms with Crippen LogP contribution < -0.4 is 14.4 Å². The fourth-order valence-electron chi connectivity index (χ4n) is 3.40. The summed E-state index contributed by atoms with van der Waals surface area (Å²) in [5, 5.41) is 9.03. The van der Waals surface area contributed by atoms with E-state index in [1.165, 1.54) is 13.2 Å². The van der Waals surface area contributed by atoms with E-state index in [-0.39, 0.29) is 23.8 Å². The van der Waals surface area contributed by atoms with Crippen LogP contribution in [0.4, 0.5) is 19.0 Å². The summed E-state index contributed by atoms with van der Waals surface area (Å²) in [5.41, 5.74) is 1.31. The molecule has 32 heavy (non-hydrogen) atoms. The Labute approximate surface area is 184 Å².